The Morgan fingerprint density at radius 3 is 2.53 bits per heavy atom. The second-order valence-corrected chi connectivity index (χ2v) is 6.02. The second kappa shape index (κ2) is 6.71. The number of methoxy groups -OCH3 is 1. The number of nitrogens with one attached hydrogen (secondary N) is 1. The lowest BCUT2D eigenvalue weighted by atomic mass is 9.89. The fourth-order valence-corrected chi connectivity index (χ4v) is 2.71. The molecule has 100 valence electrons. The fourth-order valence-electron chi connectivity index (χ4n) is 2.29. The van der Waals surface area contributed by atoms with Gasteiger partial charge in [0.25, 0.3) is 0 Å². The van der Waals surface area contributed by atoms with Gasteiger partial charge >= 0.3 is 0 Å². The molecule has 1 heterocycles. The minimum absolute atomic E-state index is 0.00352. The number of carbonyl (C=O) groups excluding carboxylic acids is 1. The number of hydrogen-bond acceptors (Lipinski definition) is 3. The van der Waals surface area contributed by atoms with Crippen molar-refractivity contribution in [2.24, 2.45) is 11.8 Å². The molecule has 5 unspecified atom stereocenters. The van der Waals surface area contributed by atoms with Gasteiger partial charge in [0, 0.05) is 13.7 Å². The molecular weight excluding hydrogens is 286 g/mol. The summed E-state index contributed by atoms with van der Waals surface area (Å²) in [6.45, 7) is 7.22. The van der Waals surface area contributed by atoms with Crippen molar-refractivity contribution in [2.75, 3.05) is 20.3 Å². The van der Waals surface area contributed by atoms with Crippen LogP contribution in [0.1, 0.15) is 20.8 Å². The van der Waals surface area contributed by atoms with Crippen LogP contribution in [0, 0.1) is 11.8 Å². The fraction of sp³-hybridized carbons (Fsp3) is 0.917. The highest BCUT2D eigenvalue weighted by atomic mass is 79.9. The van der Waals surface area contributed by atoms with E-state index in [4.69, 9.17) is 9.47 Å². The zero-order chi connectivity index (χ0) is 13.0. The first-order valence-electron chi connectivity index (χ1n) is 6.03. The molecule has 0 aromatic heterocycles. The van der Waals surface area contributed by atoms with E-state index in [9.17, 15) is 4.79 Å². The zero-order valence-corrected chi connectivity index (χ0v) is 12.5. The number of ether oxygens (including phenoxy) is 2. The third-order valence-electron chi connectivity index (χ3n) is 3.39. The lowest BCUT2D eigenvalue weighted by Gasteiger charge is -2.19. The van der Waals surface area contributed by atoms with Crippen molar-refractivity contribution in [3.63, 3.8) is 0 Å². The van der Waals surface area contributed by atoms with Gasteiger partial charge in [0.2, 0.25) is 5.91 Å². The molecule has 1 rings (SSSR count). The van der Waals surface area contributed by atoms with Crippen LogP contribution in [0.2, 0.25) is 0 Å². The van der Waals surface area contributed by atoms with Crippen LogP contribution in [0.5, 0.6) is 0 Å². The Morgan fingerprint density at radius 1 is 1.41 bits per heavy atom. The first kappa shape index (κ1) is 14.9. The smallest absolute Gasteiger partial charge is 0.226 e. The Bertz CT molecular complexity index is 262. The van der Waals surface area contributed by atoms with Crippen LogP contribution in [-0.4, -0.2) is 43.2 Å². The lowest BCUT2D eigenvalue weighted by Crippen LogP contribution is -2.40. The number of rotatable bonds is 5. The van der Waals surface area contributed by atoms with Gasteiger partial charge in [0.15, 0.2) is 0 Å². The maximum absolute atomic E-state index is 12.1. The van der Waals surface area contributed by atoms with Crippen LogP contribution in [0.15, 0.2) is 0 Å². The molecule has 1 fully saturated rings. The summed E-state index contributed by atoms with van der Waals surface area (Å²) in [5.74, 6) is 0.295. The summed E-state index contributed by atoms with van der Waals surface area (Å²) in [4.78, 5) is 12.2. The molecule has 5 heteroatoms. The van der Waals surface area contributed by atoms with Gasteiger partial charge in [-0.15, -0.1) is 0 Å². The van der Waals surface area contributed by atoms with Crippen molar-refractivity contribution in [1.82, 2.24) is 5.32 Å². The van der Waals surface area contributed by atoms with E-state index in [1.807, 2.05) is 13.8 Å². The summed E-state index contributed by atoms with van der Waals surface area (Å²) in [5, 5.41) is 2.94. The first-order valence-corrected chi connectivity index (χ1v) is 6.95. The number of hydrogen-bond donors (Lipinski definition) is 1. The standard InChI is InChI=1S/C12H22BrNO3/c1-7-8(2)17-9(3)11(7)12(15)14-5-10(13)6-16-4/h7-11H,5-6H2,1-4H3,(H,14,15). The van der Waals surface area contributed by atoms with E-state index < -0.39 is 0 Å². The third-order valence-corrected chi connectivity index (χ3v) is 3.98. The average Bonchev–Trinajstić information content (AvgIpc) is 2.50. The molecule has 1 saturated heterocycles. The van der Waals surface area contributed by atoms with Gasteiger partial charge in [-0.2, -0.15) is 0 Å². The lowest BCUT2D eigenvalue weighted by molar-refractivity contribution is -0.127. The summed E-state index contributed by atoms with van der Waals surface area (Å²) < 4.78 is 10.7. The normalized spacial score (nSPS) is 34.6. The van der Waals surface area contributed by atoms with Crippen molar-refractivity contribution in [3.8, 4) is 0 Å². The quantitative estimate of drug-likeness (QED) is 0.784. The molecule has 1 aliphatic heterocycles. The van der Waals surface area contributed by atoms with Gasteiger partial charge in [-0.05, 0) is 19.8 Å². The van der Waals surface area contributed by atoms with E-state index in [1.54, 1.807) is 7.11 Å². The molecule has 17 heavy (non-hydrogen) atoms. The Labute approximate surface area is 112 Å². The summed E-state index contributed by atoms with van der Waals surface area (Å²) in [6.07, 6.45) is 0.149. The van der Waals surface area contributed by atoms with Crippen LogP contribution >= 0.6 is 15.9 Å². The number of carbonyl (C=O) groups is 1. The van der Waals surface area contributed by atoms with Crippen LogP contribution in [0.3, 0.4) is 0 Å². The Balaban J connectivity index is 2.42. The molecular formula is C12H22BrNO3. The summed E-state index contributed by atoms with van der Waals surface area (Å²) in [7, 11) is 1.65. The predicted molar refractivity (Wildman–Crippen MR) is 70.3 cm³/mol. The van der Waals surface area contributed by atoms with Crippen LogP contribution in [0.25, 0.3) is 0 Å². The zero-order valence-electron chi connectivity index (χ0n) is 10.9. The second-order valence-electron chi connectivity index (χ2n) is 4.73. The molecule has 0 aliphatic carbocycles. The van der Waals surface area contributed by atoms with E-state index in [-0.39, 0.29) is 34.8 Å². The van der Waals surface area contributed by atoms with E-state index >= 15 is 0 Å². The molecule has 0 radical (unpaired) electrons. The van der Waals surface area contributed by atoms with Gasteiger partial charge in [0.05, 0.1) is 29.6 Å². The predicted octanol–water partition coefficient (Wildman–Crippen LogP) is 1.57. The summed E-state index contributed by atoms with van der Waals surface area (Å²) >= 11 is 3.45. The Kier molecular flexibility index (Phi) is 5.89. The van der Waals surface area contributed by atoms with E-state index in [0.29, 0.717) is 13.2 Å². The third kappa shape index (κ3) is 3.93. The summed E-state index contributed by atoms with van der Waals surface area (Å²) in [6, 6.07) is 0. The van der Waals surface area contributed by atoms with Gasteiger partial charge in [-0.25, -0.2) is 0 Å². The van der Waals surface area contributed by atoms with E-state index in [2.05, 4.69) is 28.2 Å². The Hall–Kier alpha value is -0.130. The van der Waals surface area contributed by atoms with Crippen molar-refractivity contribution in [3.05, 3.63) is 0 Å². The van der Waals surface area contributed by atoms with Crippen molar-refractivity contribution in [1.29, 1.82) is 0 Å². The molecule has 0 aromatic carbocycles. The minimum Gasteiger partial charge on any atom is -0.383 e. The molecule has 1 amide bonds. The first-order chi connectivity index (χ1) is 7.97. The molecule has 5 atom stereocenters. The molecule has 0 aromatic rings. The van der Waals surface area contributed by atoms with Gasteiger partial charge in [-0.3, -0.25) is 4.79 Å². The maximum Gasteiger partial charge on any atom is 0.226 e. The van der Waals surface area contributed by atoms with Gasteiger partial charge < -0.3 is 14.8 Å². The highest BCUT2D eigenvalue weighted by Gasteiger charge is 2.41. The van der Waals surface area contributed by atoms with Crippen LogP contribution in [-0.2, 0) is 14.3 Å². The van der Waals surface area contributed by atoms with Gasteiger partial charge in [-0.1, -0.05) is 22.9 Å². The highest BCUT2D eigenvalue weighted by molar-refractivity contribution is 9.09. The van der Waals surface area contributed by atoms with Crippen molar-refractivity contribution in [2.45, 2.75) is 37.8 Å². The molecule has 1 N–H and O–H groups in total. The number of amides is 1. The van der Waals surface area contributed by atoms with Crippen molar-refractivity contribution < 1.29 is 14.3 Å². The Morgan fingerprint density at radius 2 is 2.06 bits per heavy atom. The summed E-state index contributed by atoms with van der Waals surface area (Å²) in [5.41, 5.74) is 0. The average molecular weight is 308 g/mol. The van der Waals surface area contributed by atoms with Crippen LogP contribution in [0.4, 0.5) is 0 Å². The topological polar surface area (TPSA) is 47.6 Å². The number of alkyl halides is 1. The molecule has 0 spiro atoms. The van der Waals surface area contributed by atoms with Gasteiger partial charge in [0.1, 0.15) is 0 Å². The van der Waals surface area contributed by atoms with Crippen molar-refractivity contribution >= 4 is 21.8 Å². The maximum atomic E-state index is 12.1. The monoisotopic (exact) mass is 307 g/mol. The molecule has 0 bridgehead atoms. The van der Waals surface area contributed by atoms with E-state index in [0.717, 1.165) is 0 Å². The largest absolute Gasteiger partial charge is 0.383 e. The molecule has 1 aliphatic rings. The number of halogens is 1. The van der Waals surface area contributed by atoms with Crippen LogP contribution < -0.4 is 5.32 Å². The minimum atomic E-state index is -0.0488. The van der Waals surface area contributed by atoms with E-state index in [1.165, 1.54) is 0 Å². The SMILES string of the molecule is COCC(Br)CNC(=O)C1C(C)OC(C)C1C. The highest BCUT2D eigenvalue weighted by Crippen LogP contribution is 2.32. The molecule has 0 saturated carbocycles. The molecule has 4 nitrogen and oxygen atoms in total.